The summed E-state index contributed by atoms with van der Waals surface area (Å²) in [5.74, 6) is 0.0367. The van der Waals surface area contributed by atoms with Gasteiger partial charge in [0, 0.05) is 6.07 Å². The van der Waals surface area contributed by atoms with E-state index in [1.165, 1.54) is 13.3 Å². The van der Waals surface area contributed by atoms with Crippen molar-refractivity contribution in [3.63, 3.8) is 0 Å². The molecule has 1 atom stereocenters. The van der Waals surface area contributed by atoms with E-state index in [-0.39, 0.29) is 0 Å². The molecule has 0 unspecified atom stereocenters. The van der Waals surface area contributed by atoms with E-state index in [9.17, 15) is 4.79 Å². The van der Waals surface area contributed by atoms with Crippen LogP contribution in [0.25, 0.3) is 5.65 Å². The summed E-state index contributed by atoms with van der Waals surface area (Å²) in [5, 5.41) is 4.01. The summed E-state index contributed by atoms with van der Waals surface area (Å²) in [6.07, 6.45) is 4.16. The van der Waals surface area contributed by atoms with Crippen molar-refractivity contribution in [3.05, 3.63) is 24.7 Å². The molecule has 2 rings (SSSR count). The maximum absolute atomic E-state index is 11.1. The van der Waals surface area contributed by atoms with Crippen molar-refractivity contribution in [1.82, 2.24) is 14.6 Å². The molecule has 16 heavy (non-hydrogen) atoms. The van der Waals surface area contributed by atoms with E-state index < -0.39 is 12.1 Å². The Morgan fingerprint density at radius 1 is 1.56 bits per heavy atom. The Kier molecular flexibility index (Phi) is 2.72. The monoisotopic (exact) mass is 221 g/mol. The molecule has 0 spiro atoms. The van der Waals surface area contributed by atoms with Crippen LogP contribution in [0, 0.1) is 0 Å². The average molecular weight is 221 g/mol. The van der Waals surface area contributed by atoms with Crippen LogP contribution >= 0.6 is 0 Å². The van der Waals surface area contributed by atoms with Crippen LogP contribution in [0.1, 0.15) is 6.92 Å². The van der Waals surface area contributed by atoms with Gasteiger partial charge in [-0.1, -0.05) is 0 Å². The van der Waals surface area contributed by atoms with Crippen molar-refractivity contribution in [2.45, 2.75) is 13.0 Å². The highest BCUT2D eigenvalue weighted by Gasteiger charge is 2.15. The third kappa shape index (κ3) is 1.95. The minimum atomic E-state index is -0.667. The number of nitrogens with zero attached hydrogens (tertiary/aromatic N) is 3. The van der Waals surface area contributed by atoms with Crippen molar-refractivity contribution >= 4 is 11.6 Å². The molecular weight excluding hydrogens is 210 g/mol. The number of esters is 1. The zero-order valence-corrected chi connectivity index (χ0v) is 8.95. The quantitative estimate of drug-likeness (QED) is 0.713. The summed E-state index contributed by atoms with van der Waals surface area (Å²) in [4.78, 5) is 15.2. The van der Waals surface area contributed by atoms with Crippen LogP contribution in [0.2, 0.25) is 0 Å². The average Bonchev–Trinajstić information content (AvgIpc) is 2.75. The van der Waals surface area contributed by atoms with Gasteiger partial charge in [-0.3, -0.25) is 0 Å². The number of hydrogen-bond donors (Lipinski definition) is 0. The maximum atomic E-state index is 11.1. The lowest BCUT2D eigenvalue weighted by atomic mass is 10.4. The van der Waals surface area contributed by atoms with Crippen molar-refractivity contribution in [3.8, 4) is 5.75 Å². The fraction of sp³-hybridized carbons (Fsp3) is 0.300. The van der Waals surface area contributed by atoms with Gasteiger partial charge in [-0.2, -0.15) is 5.10 Å². The zero-order valence-electron chi connectivity index (χ0n) is 8.95. The highest BCUT2D eigenvalue weighted by atomic mass is 16.6. The van der Waals surface area contributed by atoms with E-state index in [2.05, 4.69) is 14.8 Å². The lowest BCUT2D eigenvalue weighted by Gasteiger charge is -2.11. The smallest absolute Gasteiger partial charge is 0.346 e. The van der Waals surface area contributed by atoms with Gasteiger partial charge in [0.15, 0.2) is 17.5 Å². The van der Waals surface area contributed by atoms with Crippen LogP contribution < -0.4 is 4.74 Å². The third-order valence-corrected chi connectivity index (χ3v) is 2.07. The van der Waals surface area contributed by atoms with Gasteiger partial charge in [0.1, 0.15) is 0 Å². The molecule has 0 radical (unpaired) electrons. The van der Waals surface area contributed by atoms with Gasteiger partial charge in [0.25, 0.3) is 0 Å². The zero-order chi connectivity index (χ0) is 11.5. The Hall–Kier alpha value is -2.11. The molecule has 6 nitrogen and oxygen atoms in total. The number of rotatable bonds is 3. The molecule has 2 aromatic rings. The maximum Gasteiger partial charge on any atom is 0.346 e. The number of carbonyl (C=O) groups excluding carboxylic acids is 1. The molecule has 0 aliphatic carbocycles. The molecule has 0 bridgehead atoms. The van der Waals surface area contributed by atoms with Crippen LogP contribution in [0.4, 0.5) is 0 Å². The van der Waals surface area contributed by atoms with E-state index in [1.807, 2.05) is 0 Å². The molecule has 0 saturated heterocycles. The summed E-state index contributed by atoms with van der Waals surface area (Å²) in [6.45, 7) is 1.61. The van der Waals surface area contributed by atoms with E-state index in [1.54, 1.807) is 29.9 Å². The summed E-state index contributed by atoms with van der Waals surface area (Å²) >= 11 is 0. The highest BCUT2D eigenvalue weighted by molar-refractivity contribution is 5.74. The molecule has 6 heteroatoms. The Balaban J connectivity index is 2.17. The molecule has 2 aromatic heterocycles. The first-order valence-corrected chi connectivity index (χ1v) is 4.74. The van der Waals surface area contributed by atoms with Crippen molar-refractivity contribution in [1.29, 1.82) is 0 Å². The number of fused-ring (bicyclic) bond motifs is 1. The van der Waals surface area contributed by atoms with E-state index in [4.69, 9.17) is 4.74 Å². The van der Waals surface area contributed by atoms with Crippen LogP contribution in [0.5, 0.6) is 5.75 Å². The van der Waals surface area contributed by atoms with Gasteiger partial charge >= 0.3 is 5.97 Å². The molecule has 2 heterocycles. The van der Waals surface area contributed by atoms with Crippen LogP contribution in [0.3, 0.4) is 0 Å². The summed E-state index contributed by atoms with van der Waals surface area (Å²) in [5.41, 5.74) is 0.720. The Morgan fingerprint density at radius 2 is 2.38 bits per heavy atom. The number of aromatic nitrogens is 3. The lowest BCUT2D eigenvalue weighted by Crippen LogP contribution is -2.25. The van der Waals surface area contributed by atoms with Gasteiger partial charge in [0.2, 0.25) is 0 Å². The second kappa shape index (κ2) is 4.18. The normalized spacial score (nSPS) is 12.4. The number of methoxy groups -OCH3 is 1. The molecule has 0 N–H and O–H groups in total. The van der Waals surface area contributed by atoms with Gasteiger partial charge < -0.3 is 9.47 Å². The predicted octanol–water partition coefficient (Wildman–Crippen LogP) is 0.670. The Labute approximate surface area is 91.8 Å². The molecule has 0 aliphatic rings. The van der Waals surface area contributed by atoms with E-state index >= 15 is 0 Å². The summed E-state index contributed by atoms with van der Waals surface area (Å²) in [7, 11) is 1.32. The molecule has 0 aliphatic heterocycles. The number of hydrogen-bond acceptors (Lipinski definition) is 5. The van der Waals surface area contributed by atoms with Gasteiger partial charge in [-0.05, 0) is 6.92 Å². The van der Waals surface area contributed by atoms with Crippen LogP contribution in [-0.2, 0) is 9.53 Å². The van der Waals surface area contributed by atoms with Crippen LogP contribution in [-0.4, -0.2) is 33.8 Å². The molecule has 0 aromatic carbocycles. The molecule has 0 fully saturated rings. The van der Waals surface area contributed by atoms with Crippen LogP contribution in [0.15, 0.2) is 24.7 Å². The van der Waals surface area contributed by atoms with Gasteiger partial charge in [-0.15, -0.1) is 0 Å². The summed E-state index contributed by atoms with van der Waals surface area (Å²) in [6, 6.07) is 1.77. The largest absolute Gasteiger partial charge is 0.476 e. The number of ether oxygens (including phenoxy) is 2. The van der Waals surface area contributed by atoms with E-state index in [0.29, 0.717) is 5.75 Å². The van der Waals surface area contributed by atoms with Crippen molar-refractivity contribution < 1.29 is 14.3 Å². The lowest BCUT2D eigenvalue weighted by molar-refractivity contribution is -0.147. The second-order valence-electron chi connectivity index (χ2n) is 3.21. The van der Waals surface area contributed by atoms with Gasteiger partial charge in [-0.25, -0.2) is 14.3 Å². The molecule has 0 amide bonds. The standard InChI is InChI=1S/C10H11N3O3/c1-7(10(14)15-2)16-8-5-11-9-3-4-12-13(9)6-8/h3-7H,1-2H3/t7-/m0/s1. The molecular formula is C10H11N3O3. The topological polar surface area (TPSA) is 65.7 Å². The SMILES string of the molecule is COC(=O)[C@H](C)Oc1cnc2ccnn2c1. The van der Waals surface area contributed by atoms with Gasteiger partial charge in [0.05, 0.1) is 25.7 Å². The number of carbonyl (C=O) groups is 1. The summed E-state index contributed by atoms with van der Waals surface area (Å²) < 4.78 is 11.5. The Morgan fingerprint density at radius 3 is 3.12 bits per heavy atom. The first-order valence-electron chi connectivity index (χ1n) is 4.74. The molecule has 0 saturated carbocycles. The first kappa shape index (κ1) is 10.4. The highest BCUT2D eigenvalue weighted by Crippen LogP contribution is 2.11. The fourth-order valence-corrected chi connectivity index (χ4v) is 1.27. The second-order valence-corrected chi connectivity index (χ2v) is 3.21. The minimum absolute atomic E-state index is 0.430. The third-order valence-electron chi connectivity index (χ3n) is 2.07. The Bertz CT molecular complexity index is 509. The van der Waals surface area contributed by atoms with Crippen molar-refractivity contribution in [2.75, 3.05) is 7.11 Å². The van der Waals surface area contributed by atoms with E-state index in [0.717, 1.165) is 5.65 Å². The minimum Gasteiger partial charge on any atom is -0.476 e. The molecule has 84 valence electrons. The predicted molar refractivity (Wildman–Crippen MR) is 55.1 cm³/mol. The fourth-order valence-electron chi connectivity index (χ4n) is 1.27. The van der Waals surface area contributed by atoms with Crippen molar-refractivity contribution in [2.24, 2.45) is 0 Å². The first-order chi connectivity index (χ1) is 7.70.